The van der Waals surface area contributed by atoms with Crippen molar-refractivity contribution < 1.29 is 23.5 Å². The first kappa shape index (κ1) is 25.8. The minimum Gasteiger partial charge on any atom is -0.493 e. The van der Waals surface area contributed by atoms with Crippen LogP contribution >= 0.6 is 0 Å². The molecule has 0 bridgehead atoms. The second-order valence-corrected chi connectivity index (χ2v) is 9.78. The molecule has 1 aliphatic heterocycles. The molecule has 3 rings (SSSR count). The highest BCUT2D eigenvalue weighted by molar-refractivity contribution is 6.04. The van der Waals surface area contributed by atoms with Crippen molar-refractivity contribution in [1.29, 1.82) is 0 Å². The number of ether oxygens (including phenoxy) is 2. The van der Waals surface area contributed by atoms with Crippen LogP contribution in [0.1, 0.15) is 86.4 Å². The summed E-state index contributed by atoms with van der Waals surface area (Å²) in [5.41, 5.74) is 0.747. The van der Waals surface area contributed by atoms with Crippen LogP contribution in [0.2, 0.25) is 0 Å². The molecule has 6 heteroatoms. The lowest BCUT2D eigenvalue weighted by molar-refractivity contribution is -0.0950. The van der Waals surface area contributed by atoms with Crippen molar-refractivity contribution in [3.63, 3.8) is 0 Å². The quantitative estimate of drug-likeness (QED) is 0.287. The molecule has 1 aromatic carbocycles. The van der Waals surface area contributed by atoms with Crippen molar-refractivity contribution in [3.05, 3.63) is 29.3 Å². The van der Waals surface area contributed by atoms with Crippen molar-refractivity contribution >= 4 is 12.1 Å². The van der Waals surface area contributed by atoms with Crippen LogP contribution in [0.3, 0.4) is 0 Å². The van der Waals surface area contributed by atoms with E-state index >= 15 is 0 Å². The fraction of sp³-hybridized carbons (Fsp3) is 0.704. The summed E-state index contributed by atoms with van der Waals surface area (Å²) in [6.45, 7) is 8.45. The zero-order chi connectivity index (χ0) is 23.8. The molecule has 2 unspecified atom stereocenters. The van der Waals surface area contributed by atoms with Crippen LogP contribution in [0.25, 0.3) is 0 Å². The summed E-state index contributed by atoms with van der Waals surface area (Å²) < 4.78 is 26.4. The van der Waals surface area contributed by atoms with Gasteiger partial charge >= 0.3 is 0 Å². The number of carbonyl (C=O) groups is 2. The van der Waals surface area contributed by atoms with Gasteiger partial charge in [-0.1, -0.05) is 27.2 Å². The van der Waals surface area contributed by atoms with Crippen molar-refractivity contribution in [2.24, 2.45) is 11.8 Å². The minimum atomic E-state index is -0.962. The maximum Gasteiger partial charge on any atom is 0.166 e. The van der Waals surface area contributed by atoms with Crippen LogP contribution in [-0.2, 0) is 4.74 Å². The number of hydrogen-bond donors (Lipinski definition) is 0. The highest BCUT2D eigenvalue weighted by Gasteiger charge is 2.32. The number of nitrogens with zero attached hydrogens (tertiary/aromatic N) is 1. The zero-order valence-electron chi connectivity index (χ0n) is 20.4. The molecule has 2 atom stereocenters. The monoisotopic (exact) mass is 461 g/mol. The molecule has 0 amide bonds. The van der Waals surface area contributed by atoms with Crippen molar-refractivity contribution in [1.82, 2.24) is 4.90 Å². The third-order valence-corrected chi connectivity index (χ3v) is 7.32. The number of halogens is 1. The van der Waals surface area contributed by atoms with Crippen LogP contribution in [0.15, 0.2) is 18.2 Å². The molecule has 1 heterocycles. The average molecular weight is 462 g/mol. The Morgan fingerprint density at radius 2 is 1.94 bits per heavy atom. The summed E-state index contributed by atoms with van der Waals surface area (Å²) in [4.78, 5) is 26.0. The van der Waals surface area contributed by atoms with E-state index in [2.05, 4.69) is 11.8 Å². The lowest BCUT2D eigenvalue weighted by Crippen LogP contribution is -2.43. The number of piperidine rings is 1. The van der Waals surface area contributed by atoms with Crippen LogP contribution in [-0.4, -0.2) is 61.6 Å². The van der Waals surface area contributed by atoms with Crippen LogP contribution in [0.4, 0.5) is 4.39 Å². The topological polar surface area (TPSA) is 55.8 Å². The number of alkyl halides is 1. The van der Waals surface area contributed by atoms with Crippen LogP contribution in [0.5, 0.6) is 5.75 Å². The Bertz CT molecular complexity index is 771. The van der Waals surface area contributed by atoms with Gasteiger partial charge in [0.25, 0.3) is 0 Å². The van der Waals surface area contributed by atoms with E-state index in [9.17, 15) is 14.0 Å². The Kier molecular flexibility index (Phi) is 9.87. The largest absolute Gasteiger partial charge is 0.493 e. The van der Waals surface area contributed by atoms with Gasteiger partial charge < -0.3 is 14.4 Å². The van der Waals surface area contributed by atoms with Gasteiger partial charge in [-0.05, 0) is 56.2 Å². The van der Waals surface area contributed by atoms with Gasteiger partial charge in [-0.3, -0.25) is 9.59 Å². The first-order chi connectivity index (χ1) is 15.9. The molecular formula is C27H40FNO4. The molecule has 2 aliphatic rings. The molecule has 184 valence electrons. The van der Waals surface area contributed by atoms with Gasteiger partial charge in [-0.25, -0.2) is 4.39 Å². The standard InChI is InChI=1S/C27H40FNO4/c1-4-19(3)27(31)26-7-6-24(16-21(26)18-30)32-13-10-22(28)17-29-11-8-23(9-12-29)33-25-14-20(5-2)15-25/h6-7,16,18-20,22-23,25H,4-5,8-15,17H2,1-3H3. The van der Waals surface area contributed by atoms with Crippen LogP contribution < -0.4 is 4.74 Å². The fourth-order valence-electron chi connectivity index (χ4n) is 4.70. The normalized spacial score (nSPS) is 23.5. The molecule has 0 N–H and O–H groups in total. The highest BCUT2D eigenvalue weighted by atomic mass is 19.1. The molecule has 1 aliphatic carbocycles. The number of ketones is 1. The predicted octanol–water partition coefficient (Wildman–Crippen LogP) is 5.50. The Labute approximate surface area is 198 Å². The first-order valence-corrected chi connectivity index (χ1v) is 12.7. The lowest BCUT2D eigenvalue weighted by atomic mass is 9.80. The third-order valence-electron chi connectivity index (χ3n) is 7.32. The zero-order valence-corrected chi connectivity index (χ0v) is 20.4. The van der Waals surface area contributed by atoms with E-state index in [1.54, 1.807) is 18.2 Å². The van der Waals surface area contributed by atoms with E-state index < -0.39 is 6.17 Å². The summed E-state index contributed by atoms with van der Waals surface area (Å²) in [6.07, 6.45) is 7.12. The third kappa shape index (κ3) is 7.35. The maximum absolute atomic E-state index is 14.5. The lowest BCUT2D eigenvalue weighted by Gasteiger charge is -2.40. The summed E-state index contributed by atoms with van der Waals surface area (Å²) in [5.74, 6) is 1.16. The average Bonchev–Trinajstić information content (AvgIpc) is 2.81. The van der Waals surface area contributed by atoms with Gasteiger partial charge in [-0.15, -0.1) is 0 Å². The fourth-order valence-corrected chi connectivity index (χ4v) is 4.70. The molecule has 1 saturated heterocycles. The molecule has 0 aromatic heterocycles. The summed E-state index contributed by atoms with van der Waals surface area (Å²) >= 11 is 0. The molecule has 2 fully saturated rings. The molecular weight excluding hydrogens is 421 g/mol. The second kappa shape index (κ2) is 12.6. The molecule has 1 saturated carbocycles. The van der Waals surface area contributed by atoms with E-state index in [1.807, 2.05) is 13.8 Å². The van der Waals surface area contributed by atoms with Crippen molar-refractivity contribution in [3.8, 4) is 5.75 Å². The van der Waals surface area contributed by atoms with E-state index in [4.69, 9.17) is 9.47 Å². The van der Waals surface area contributed by atoms with Gasteiger partial charge in [0.1, 0.15) is 11.9 Å². The van der Waals surface area contributed by atoms with E-state index in [0.29, 0.717) is 48.3 Å². The van der Waals surface area contributed by atoms with E-state index in [-0.39, 0.29) is 18.3 Å². The Morgan fingerprint density at radius 1 is 1.21 bits per heavy atom. The Morgan fingerprint density at radius 3 is 2.58 bits per heavy atom. The molecule has 0 radical (unpaired) electrons. The van der Waals surface area contributed by atoms with Crippen LogP contribution in [0, 0.1) is 11.8 Å². The Balaban J connectivity index is 1.35. The molecule has 33 heavy (non-hydrogen) atoms. The van der Waals surface area contributed by atoms with E-state index in [0.717, 1.165) is 38.3 Å². The maximum atomic E-state index is 14.5. The highest BCUT2D eigenvalue weighted by Crippen LogP contribution is 2.34. The Hall–Kier alpha value is -1.79. The number of hydrogen-bond acceptors (Lipinski definition) is 5. The van der Waals surface area contributed by atoms with E-state index in [1.165, 1.54) is 19.3 Å². The molecule has 1 aromatic rings. The van der Waals surface area contributed by atoms with Gasteiger partial charge in [0.05, 0.1) is 18.8 Å². The van der Waals surface area contributed by atoms with Gasteiger partial charge in [0.15, 0.2) is 12.1 Å². The number of Topliss-reactive ketones (excluding diaryl/α,β-unsaturated/α-hetero) is 1. The summed E-state index contributed by atoms with van der Waals surface area (Å²) in [5, 5.41) is 0. The SMILES string of the molecule is CCC1CC(OC2CCN(CC(F)CCOc3ccc(C(=O)C(C)CC)c(C=O)c3)CC2)C1. The molecule has 5 nitrogen and oxygen atoms in total. The second-order valence-electron chi connectivity index (χ2n) is 9.78. The first-order valence-electron chi connectivity index (χ1n) is 12.7. The number of aldehydes is 1. The number of likely N-dealkylation sites (tertiary alicyclic amines) is 1. The number of rotatable bonds is 13. The minimum absolute atomic E-state index is 0.0398. The smallest absolute Gasteiger partial charge is 0.166 e. The van der Waals surface area contributed by atoms with Gasteiger partial charge in [-0.2, -0.15) is 0 Å². The summed E-state index contributed by atoms with van der Waals surface area (Å²) in [6, 6.07) is 4.90. The van der Waals surface area contributed by atoms with Gasteiger partial charge in [0.2, 0.25) is 0 Å². The molecule has 0 spiro atoms. The van der Waals surface area contributed by atoms with Crippen molar-refractivity contribution in [2.75, 3.05) is 26.2 Å². The number of carbonyl (C=O) groups excluding carboxylic acids is 2. The summed E-state index contributed by atoms with van der Waals surface area (Å²) in [7, 11) is 0. The van der Waals surface area contributed by atoms with Gasteiger partial charge in [0, 0.05) is 43.1 Å². The number of benzene rings is 1. The van der Waals surface area contributed by atoms with Crippen molar-refractivity contribution in [2.45, 2.75) is 84.1 Å². The predicted molar refractivity (Wildman–Crippen MR) is 128 cm³/mol.